The first-order chi connectivity index (χ1) is 8.13. The normalized spacial score (nSPS) is 11.8. The highest BCUT2D eigenvalue weighted by Crippen LogP contribution is 2.31. The van der Waals surface area contributed by atoms with Gasteiger partial charge in [0, 0.05) is 11.6 Å². The Hall–Kier alpha value is -1.71. The summed E-state index contributed by atoms with van der Waals surface area (Å²) in [6.45, 7) is 4.22. The van der Waals surface area contributed by atoms with Gasteiger partial charge in [0.1, 0.15) is 11.5 Å². The third-order valence-electron chi connectivity index (χ3n) is 2.54. The van der Waals surface area contributed by atoms with Crippen LogP contribution in [0.2, 0.25) is 0 Å². The monoisotopic (exact) mass is 238 g/mol. The summed E-state index contributed by atoms with van der Waals surface area (Å²) in [5.74, 6) is 0.725. The minimum Gasteiger partial charge on any atom is -0.497 e. The van der Waals surface area contributed by atoms with Gasteiger partial charge in [-0.3, -0.25) is 4.79 Å². The van der Waals surface area contributed by atoms with E-state index in [9.17, 15) is 4.79 Å². The average Bonchev–Trinajstić information content (AvgIpc) is 2.37. The van der Waals surface area contributed by atoms with E-state index in [0.717, 1.165) is 5.56 Å². The van der Waals surface area contributed by atoms with Gasteiger partial charge in [0.25, 0.3) is 0 Å². The maximum absolute atomic E-state index is 11.5. The zero-order valence-electron chi connectivity index (χ0n) is 10.6. The fraction of sp³-hybridized carbons (Fsp3) is 0.462. The number of carbonyl (C=O) groups is 1. The molecule has 1 atom stereocenters. The molecule has 0 aromatic heterocycles. The van der Waals surface area contributed by atoms with E-state index in [-0.39, 0.29) is 11.9 Å². The van der Waals surface area contributed by atoms with Crippen LogP contribution in [0, 0.1) is 0 Å². The summed E-state index contributed by atoms with van der Waals surface area (Å²) in [4.78, 5) is 11.5. The molecule has 1 aromatic rings. The largest absolute Gasteiger partial charge is 0.497 e. The number of carbonyl (C=O) groups excluding carboxylic acids is 1. The number of methoxy groups -OCH3 is 2. The Morgan fingerprint density at radius 2 is 2.06 bits per heavy atom. The Balaban J connectivity index is 3.08. The van der Waals surface area contributed by atoms with Crippen molar-refractivity contribution in [2.24, 2.45) is 0 Å². The van der Waals surface area contributed by atoms with Crippen molar-refractivity contribution in [2.45, 2.75) is 19.8 Å². The minimum absolute atomic E-state index is 0.281. The molecular formula is C13H18O4. The highest BCUT2D eigenvalue weighted by Gasteiger charge is 2.20. The number of rotatable bonds is 5. The van der Waals surface area contributed by atoms with Gasteiger partial charge in [-0.2, -0.15) is 0 Å². The van der Waals surface area contributed by atoms with E-state index in [0.29, 0.717) is 18.1 Å². The Bertz CT molecular complexity index is 387. The van der Waals surface area contributed by atoms with Crippen molar-refractivity contribution in [3.05, 3.63) is 23.8 Å². The molecular weight excluding hydrogens is 220 g/mol. The van der Waals surface area contributed by atoms with Crippen LogP contribution in [-0.2, 0) is 9.53 Å². The Morgan fingerprint density at radius 1 is 1.35 bits per heavy atom. The predicted molar refractivity (Wildman–Crippen MR) is 64.6 cm³/mol. The molecule has 0 N–H and O–H groups in total. The summed E-state index contributed by atoms with van der Waals surface area (Å²) in [5.41, 5.74) is 0.805. The minimum atomic E-state index is -0.354. The van der Waals surface area contributed by atoms with Crippen molar-refractivity contribution < 1.29 is 19.0 Å². The quantitative estimate of drug-likeness (QED) is 0.739. The highest BCUT2D eigenvalue weighted by molar-refractivity contribution is 5.78. The number of benzene rings is 1. The van der Waals surface area contributed by atoms with Gasteiger partial charge in [0.2, 0.25) is 0 Å². The van der Waals surface area contributed by atoms with E-state index in [1.54, 1.807) is 26.2 Å². The third-order valence-corrected chi connectivity index (χ3v) is 2.54. The zero-order valence-corrected chi connectivity index (χ0v) is 10.6. The van der Waals surface area contributed by atoms with Gasteiger partial charge in [0.15, 0.2) is 0 Å². The topological polar surface area (TPSA) is 44.8 Å². The molecule has 0 saturated heterocycles. The number of esters is 1. The Labute approximate surface area is 101 Å². The lowest BCUT2D eigenvalue weighted by Crippen LogP contribution is -2.12. The van der Waals surface area contributed by atoms with Crippen molar-refractivity contribution in [1.29, 1.82) is 0 Å². The summed E-state index contributed by atoms with van der Waals surface area (Å²) >= 11 is 0. The molecule has 0 amide bonds. The number of hydrogen-bond acceptors (Lipinski definition) is 4. The van der Waals surface area contributed by atoms with E-state index < -0.39 is 0 Å². The molecule has 0 fully saturated rings. The summed E-state index contributed by atoms with van der Waals surface area (Å²) in [6, 6.07) is 5.40. The molecule has 0 saturated carbocycles. The van der Waals surface area contributed by atoms with Gasteiger partial charge in [0.05, 0.1) is 26.7 Å². The van der Waals surface area contributed by atoms with Gasteiger partial charge < -0.3 is 14.2 Å². The van der Waals surface area contributed by atoms with Gasteiger partial charge in [-0.1, -0.05) is 6.07 Å². The maximum Gasteiger partial charge on any atom is 0.312 e. The maximum atomic E-state index is 11.5. The fourth-order valence-electron chi connectivity index (χ4n) is 1.58. The highest BCUT2D eigenvalue weighted by atomic mass is 16.5. The standard InChI is InChI=1S/C13H18O4/c1-5-17-12-8-10(15-3)6-7-11(12)9(2)13(14)16-4/h6-9H,5H2,1-4H3. The van der Waals surface area contributed by atoms with Gasteiger partial charge in [-0.05, 0) is 19.9 Å². The molecule has 4 nitrogen and oxygen atoms in total. The molecule has 0 radical (unpaired) electrons. The third kappa shape index (κ3) is 3.12. The second-order valence-corrected chi connectivity index (χ2v) is 3.58. The van der Waals surface area contributed by atoms with E-state index in [1.165, 1.54) is 7.11 Å². The van der Waals surface area contributed by atoms with Crippen LogP contribution in [0.5, 0.6) is 11.5 Å². The lowest BCUT2D eigenvalue weighted by atomic mass is 10.00. The molecule has 17 heavy (non-hydrogen) atoms. The molecule has 4 heteroatoms. The molecule has 94 valence electrons. The van der Waals surface area contributed by atoms with E-state index in [2.05, 4.69) is 0 Å². The first kappa shape index (κ1) is 13.4. The first-order valence-corrected chi connectivity index (χ1v) is 5.52. The van der Waals surface area contributed by atoms with Crippen molar-refractivity contribution in [2.75, 3.05) is 20.8 Å². The van der Waals surface area contributed by atoms with Crippen molar-refractivity contribution in [3.8, 4) is 11.5 Å². The van der Waals surface area contributed by atoms with E-state index in [1.807, 2.05) is 13.0 Å². The molecule has 1 aromatic carbocycles. The van der Waals surface area contributed by atoms with E-state index >= 15 is 0 Å². The summed E-state index contributed by atoms with van der Waals surface area (Å²) < 4.78 is 15.4. The van der Waals surface area contributed by atoms with Crippen LogP contribution in [0.25, 0.3) is 0 Å². The molecule has 0 aliphatic heterocycles. The first-order valence-electron chi connectivity index (χ1n) is 5.52. The van der Waals surface area contributed by atoms with Crippen LogP contribution in [0.4, 0.5) is 0 Å². The van der Waals surface area contributed by atoms with Crippen LogP contribution >= 0.6 is 0 Å². The zero-order chi connectivity index (χ0) is 12.8. The van der Waals surface area contributed by atoms with Crippen LogP contribution in [-0.4, -0.2) is 26.8 Å². The summed E-state index contributed by atoms with van der Waals surface area (Å²) in [5, 5.41) is 0. The van der Waals surface area contributed by atoms with Crippen LogP contribution in [0.1, 0.15) is 25.3 Å². The van der Waals surface area contributed by atoms with Gasteiger partial charge in [-0.25, -0.2) is 0 Å². The molecule has 0 aliphatic carbocycles. The number of hydrogen-bond donors (Lipinski definition) is 0. The van der Waals surface area contributed by atoms with Crippen molar-refractivity contribution >= 4 is 5.97 Å². The molecule has 0 heterocycles. The SMILES string of the molecule is CCOc1cc(OC)ccc1C(C)C(=O)OC. The van der Waals surface area contributed by atoms with Crippen LogP contribution < -0.4 is 9.47 Å². The van der Waals surface area contributed by atoms with Crippen molar-refractivity contribution in [3.63, 3.8) is 0 Å². The van der Waals surface area contributed by atoms with Crippen LogP contribution in [0.3, 0.4) is 0 Å². The molecule has 0 bridgehead atoms. The second kappa shape index (κ2) is 6.13. The molecule has 1 rings (SSSR count). The molecule has 1 unspecified atom stereocenters. The second-order valence-electron chi connectivity index (χ2n) is 3.58. The Kier molecular flexibility index (Phi) is 4.82. The average molecular weight is 238 g/mol. The number of ether oxygens (including phenoxy) is 3. The molecule has 0 aliphatic rings. The van der Waals surface area contributed by atoms with E-state index in [4.69, 9.17) is 14.2 Å². The van der Waals surface area contributed by atoms with Gasteiger partial charge in [-0.15, -0.1) is 0 Å². The Morgan fingerprint density at radius 3 is 2.59 bits per heavy atom. The fourth-order valence-corrected chi connectivity index (χ4v) is 1.58. The lowest BCUT2D eigenvalue weighted by Gasteiger charge is -2.15. The predicted octanol–water partition coefficient (Wildman–Crippen LogP) is 2.37. The smallest absolute Gasteiger partial charge is 0.312 e. The van der Waals surface area contributed by atoms with Crippen molar-refractivity contribution in [1.82, 2.24) is 0 Å². The summed E-state index contributed by atoms with van der Waals surface area (Å²) in [7, 11) is 2.97. The lowest BCUT2D eigenvalue weighted by molar-refractivity contribution is -0.142. The van der Waals surface area contributed by atoms with Crippen LogP contribution in [0.15, 0.2) is 18.2 Å². The van der Waals surface area contributed by atoms with Gasteiger partial charge >= 0.3 is 5.97 Å². The summed E-state index contributed by atoms with van der Waals surface area (Å²) in [6.07, 6.45) is 0. The molecule has 0 spiro atoms.